The van der Waals surface area contributed by atoms with E-state index < -0.39 is 18.0 Å². The van der Waals surface area contributed by atoms with Crippen molar-refractivity contribution in [3.05, 3.63) is 29.6 Å². The number of aromatic nitrogens is 1. The van der Waals surface area contributed by atoms with Crippen LogP contribution in [0.15, 0.2) is 18.3 Å². The Morgan fingerprint density at radius 2 is 1.92 bits per heavy atom. The lowest BCUT2D eigenvalue weighted by atomic mass is 9.80. The molecule has 0 unspecified atom stereocenters. The summed E-state index contributed by atoms with van der Waals surface area (Å²) in [6.07, 6.45) is 1.47. The van der Waals surface area contributed by atoms with Crippen molar-refractivity contribution in [2.45, 2.75) is 56.8 Å². The predicted octanol–water partition coefficient (Wildman–Crippen LogP) is 3.26. The van der Waals surface area contributed by atoms with Gasteiger partial charge in [0.1, 0.15) is 5.69 Å². The Balaban J connectivity index is 1.76. The topological polar surface area (TPSA) is 53.4 Å². The van der Waals surface area contributed by atoms with Gasteiger partial charge in [0.25, 0.3) is 5.91 Å². The van der Waals surface area contributed by atoms with Crippen LogP contribution in [0.5, 0.6) is 0 Å². The van der Waals surface area contributed by atoms with Gasteiger partial charge in [0.15, 0.2) is 0 Å². The summed E-state index contributed by atoms with van der Waals surface area (Å²) in [5.74, 6) is -0.232. The first-order chi connectivity index (χ1) is 11.4. The molecule has 24 heavy (non-hydrogen) atoms. The van der Waals surface area contributed by atoms with Crippen molar-refractivity contribution in [1.82, 2.24) is 9.88 Å². The molecule has 2 fully saturated rings. The number of aliphatic hydroxyl groups is 1. The lowest BCUT2D eigenvalue weighted by Crippen LogP contribution is -2.45. The Morgan fingerprint density at radius 3 is 2.54 bits per heavy atom. The minimum atomic E-state index is -4.51. The summed E-state index contributed by atoms with van der Waals surface area (Å²) in [6, 6.07) is 1.99. The third-order valence-corrected chi connectivity index (χ3v) is 5.14. The second-order valence-electron chi connectivity index (χ2n) is 6.65. The fourth-order valence-corrected chi connectivity index (χ4v) is 3.93. The zero-order valence-electron chi connectivity index (χ0n) is 13.3. The maximum absolute atomic E-state index is 12.7. The molecule has 0 bridgehead atoms. The molecule has 0 radical (unpaired) electrons. The summed E-state index contributed by atoms with van der Waals surface area (Å²) in [5, 5.41) is 10.3. The molecule has 1 aliphatic heterocycles. The molecule has 1 saturated carbocycles. The van der Waals surface area contributed by atoms with Crippen LogP contribution >= 0.6 is 0 Å². The Bertz CT molecular complexity index is 588. The van der Waals surface area contributed by atoms with Crippen molar-refractivity contribution in [2.75, 3.05) is 6.54 Å². The summed E-state index contributed by atoms with van der Waals surface area (Å²) in [6.45, 7) is 0.577. The summed E-state index contributed by atoms with van der Waals surface area (Å²) in [4.78, 5) is 17.8. The van der Waals surface area contributed by atoms with E-state index in [1.807, 2.05) is 0 Å². The highest BCUT2D eigenvalue weighted by Crippen LogP contribution is 2.35. The number of hydrogen-bond acceptors (Lipinski definition) is 3. The van der Waals surface area contributed by atoms with Gasteiger partial charge in [-0.2, -0.15) is 13.2 Å². The number of carbonyl (C=O) groups excluding carboxylic acids is 1. The molecule has 1 amide bonds. The van der Waals surface area contributed by atoms with Crippen LogP contribution in [0.3, 0.4) is 0 Å². The van der Waals surface area contributed by atoms with Crippen molar-refractivity contribution in [1.29, 1.82) is 0 Å². The lowest BCUT2D eigenvalue weighted by Gasteiger charge is -2.37. The molecule has 0 aromatic carbocycles. The normalized spacial score (nSPS) is 28.2. The van der Waals surface area contributed by atoms with Crippen molar-refractivity contribution >= 4 is 5.91 Å². The number of amides is 1. The lowest BCUT2D eigenvalue weighted by molar-refractivity contribution is -0.141. The standard InChI is InChI=1S/C17H21F3N2O2/c18-17(19,20)15-8-7-11(10-21-15)16(24)22-9-3-5-13(22)12-4-1-2-6-14(12)23/h7-8,10,12-14,23H,1-6,9H2/t12-,13-,14+/m1/s1. The fraction of sp³-hybridized carbons (Fsp3) is 0.647. The van der Waals surface area contributed by atoms with Gasteiger partial charge in [-0.15, -0.1) is 0 Å². The molecule has 3 atom stereocenters. The molecule has 1 N–H and O–H groups in total. The van der Waals surface area contributed by atoms with Crippen LogP contribution in [0.2, 0.25) is 0 Å². The van der Waals surface area contributed by atoms with Gasteiger partial charge < -0.3 is 10.0 Å². The maximum Gasteiger partial charge on any atom is 0.433 e. The van der Waals surface area contributed by atoms with Crippen molar-refractivity contribution < 1.29 is 23.1 Å². The van der Waals surface area contributed by atoms with E-state index in [0.717, 1.165) is 50.8 Å². The SMILES string of the molecule is O=C(c1ccc(C(F)(F)F)nc1)N1CCC[C@@H]1[C@H]1CCCC[C@@H]1O. The van der Waals surface area contributed by atoms with E-state index in [4.69, 9.17) is 0 Å². The molecule has 1 aromatic heterocycles. The molecule has 4 nitrogen and oxygen atoms in total. The number of pyridine rings is 1. The van der Waals surface area contributed by atoms with E-state index in [1.165, 1.54) is 6.07 Å². The number of likely N-dealkylation sites (tertiary alicyclic amines) is 1. The van der Waals surface area contributed by atoms with Crippen LogP contribution < -0.4 is 0 Å². The van der Waals surface area contributed by atoms with Crippen LogP contribution in [0.1, 0.15) is 54.6 Å². The second-order valence-corrected chi connectivity index (χ2v) is 6.65. The highest BCUT2D eigenvalue weighted by Gasteiger charge is 2.39. The maximum atomic E-state index is 12.7. The Hall–Kier alpha value is -1.63. The number of nitrogens with zero attached hydrogens (tertiary/aromatic N) is 2. The van der Waals surface area contributed by atoms with Crippen molar-refractivity contribution in [2.24, 2.45) is 5.92 Å². The first kappa shape index (κ1) is 17.2. The van der Waals surface area contributed by atoms with Gasteiger partial charge in [0.05, 0.1) is 11.7 Å². The average molecular weight is 342 g/mol. The number of rotatable bonds is 2. The van der Waals surface area contributed by atoms with Crippen LogP contribution in [0, 0.1) is 5.92 Å². The van der Waals surface area contributed by atoms with E-state index in [-0.39, 0.29) is 23.4 Å². The van der Waals surface area contributed by atoms with Gasteiger partial charge in [0, 0.05) is 24.7 Å². The molecule has 2 aliphatic rings. The first-order valence-electron chi connectivity index (χ1n) is 8.40. The smallest absolute Gasteiger partial charge is 0.393 e. The van der Waals surface area contributed by atoms with Gasteiger partial charge in [0.2, 0.25) is 0 Å². The number of alkyl halides is 3. The molecule has 1 saturated heterocycles. The van der Waals surface area contributed by atoms with E-state index >= 15 is 0 Å². The molecule has 1 aromatic rings. The van der Waals surface area contributed by atoms with Gasteiger partial charge >= 0.3 is 6.18 Å². The zero-order chi connectivity index (χ0) is 17.3. The van der Waals surface area contributed by atoms with E-state index in [9.17, 15) is 23.1 Å². The van der Waals surface area contributed by atoms with Crippen LogP contribution in [0.4, 0.5) is 13.2 Å². The molecular formula is C17H21F3N2O2. The first-order valence-corrected chi connectivity index (χ1v) is 8.40. The fourth-order valence-electron chi connectivity index (χ4n) is 3.93. The Labute approximate surface area is 138 Å². The quantitative estimate of drug-likeness (QED) is 0.898. The summed E-state index contributed by atoms with van der Waals surface area (Å²) in [7, 11) is 0. The molecule has 1 aliphatic carbocycles. The minimum Gasteiger partial charge on any atom is -0.393 e. The molecule has 3 rings (SSSR count). The number of halogens is 3. The number of hydrogen-bond donors (Lipinski definition) is 1. The Morgan fingerprint density at radius 1 is 1.17 bits per heavy atom. The Kier molecular flexibility index (Phi) is 4.80. The predicted molar refractivity (Wildman–Crippen MR) is 81.3 cm³/mol. The van der Waals surface area contributed by atoms with Gasteiger partial charge in [-0.25, -0.2) is 0 Å². The van der Waals surface area contributed by atoms with Crippen molar-refractivity contribution in [3.8, 4) is 0 Å². The summed E-state index contributed by atoms with van der Waals surface area (Å²) in [5.41, 5.74) is -0.833. The van der Waals surface area contributed by atoms with Crippen LogP contribution in [-0.2, 0) is 6.18 Å². The monoisotopic (exact) mass is 342 g/mol. The molecule has 7 heteroatoms. The highest BCUT2D eigenvalue weighted by molar-refractivity contribution is 5.94. The van der Waals surface area contributed by atoms with E-state index in [1.54, 1.807) is 4.90 Å². The van der Waals surface area contributed by atoms with Gasteiger partial charge in [-0.05, 0) is 37.8 Å². The second kappa shape index (κ2) is 6.70. The summed E-state index contributed by atoms with van der Waals surface area (Å²) >= 11 is 0. The highest BCUT2D eigenvalue weighted by atomic mass is 19.4. The third kappa shape index (κ3) is 3.41. The van der Waals surface area contributed by atoms with Gasteiger partial charge in [-0.3, -0.25) is 9.78 Å². The number of carbonyl (C=O) groups is 1. The number of aliphatic hydroxyl groups excluding tert-OH is 1. The van der Waals surface area contributed by atoms with E-state index in [0.29, 0.717) is 6.54 Å². The van der Waals surface area contributed by atoms with Crippen LogP contribution in [-0.4, -0.2) is 39.6 Å². The van der Waals surface area contributed by atoms with E-state index in [2.05, 4.69) is 4.98 Å². The molecule has 2 heterocycles. The summed E-state index contributed by atoms with van der Waals surface area (Å²) < 4.78 is 37.8. The average Bonchev–Trinajstić information content (AvgIpc) is 3.03. The zero-order valence-corrected chi connectivity index (χ0v) is 13.3. The largest absolute Gasteiger partial charge is 0.433 e. The molecule has 132 valence electrons. The van der Waals surface area contributed by atoms with Gasteiger partial charge in [-0.1, -0.05) is 12.8 Å². The van der Waals surface area contributed by atoms with Crippen molar-refractivity contribution in [3.63, 3.8) is 0 Å². The molecule has 0 spiro atoms. The molecular weight excluding hydrogens is 321 g/mol. The van der Waals surface area contributed by atoms with Crippen LogP contribution in [0.25, 0.3) is 0 Å². The minimum absolute atomic E-state index is 0.0323. The third-order valence-electron chi connectivity index (χ3n) is 5.14.